The molecular formula is C32H31FN8O8S. The molecular weight excluding hydrogens is 675 g/mol. The molecule has 4 amide bonds. The SMILES string of the molecule is Cn1c(=O)n(C2CCC(=O)NC2=O)c2ccc([C@H]3CCN(CC(=O)Nc4ccc5c(F)c(N6CC(=O)NS6(=O)=O)c(O)cc5c4)CC3=N)cc21. The first-order valence-corrected chi connectivity index (χ1v) is 17.1. The molecule has 0 saturated carbocycles. The molecule has 16 nitrogen and oxygen atoms in total. The third kappa shape index (κ3) is 5.65. The number of hydrogen-bond donors (Lipinski definition) is 5. The van der Waals surface area contributed by atoms with Crippen LogP contribution in [0.15, 0.2) is 47.3 Å². The van der Waals surface area contributed by atoms with Gasteiger partial charge in [-0.2, -0.15) is 8.42 Å². The number of anilines is 2. The number of aromatic nitrogens is 2. The molecule has 3 aliphatic rings. The summed E-state index contributed by atoms with van der Waals surface area (Å²) in [5.74, 6) is -4.16. The van der Waals surface area contributed by atoms with Gasteiger partial charge in [0, 0.05) is 49.3 Å². The highest BCUT2D eigenvalue weighted by molar-refractivity contribution is 7.92. The number of phenols is 1. The number of carbonyl (C=O) groups excluding carboxylic acids is 4. The Balaban J connectivity index is 1.02. The highest BCUT2D eigenvalue weighted by Gasteiger charge is 2.38. The number of nitrogens with one attached hydrogen (secondary N) is 4. The number of aryl methyl sites for hydroxylation is 1. The lowest BCUT2D eigenvalue weighted by Crippen LogP contribution is -2.44. The Hall–Kier alpha value is -5.62. The molecule has 2 atom stereocenters. The molecule has 1 aromatic heterocycles. The van der Waals surface area contributed by atoms with Crippen molar-refractivity contribution in [2.45, 2.75) is 31.2 Å². The molecule has 0 aliphatic carbocycles. The molecule has 3 aromatic carbocycles. The van der Waals surface area contributed by atoms with Crippen LogP contribution in [0.5, 0.6) is 5.75 Å². The molecule has 5 N–H and O–H groups in total. The van der Waals surface area contributed by atoms with Gasteiger partial charge in [0.25, 0.3) is 5.91 Å². The minimum atomic E-state index is -4.36. The Morgan fingerprint density at radius 3 is 2.52 bits per heavy atom. The lowest BCUT2D eigenvalue weighted by Gasteiger charge is -2.32. The maximum atomic E-state index is 15.4. The third-order valence-corrected chi connectivity index (χ3v) is 10.7. The number of likely N-dealkylation sites (tertiary alicyclic amines) is 1. The minimum Gasteiger partial charge on any atom is -0.506 e. The van der Waals surface area contributed by atoms with Crippen molar-refractivity contribution in [2.24, 2.45) is 7.05 Å². The van der Waals surface area contributed by atoms with Gasteiger partial charge in [-0.1, -0.05) is 6.07 Å². The largest absolute Gasteiger partial charge is 0.506 e. The summed E-state index contributed by atoms with van der Waals surface area (Å²) in [6, 6.07) is 9.95. The van der Waals surface area contributed by atoms with E-state index in [1.54, 1.807) is 17.8 Å². The van der Waals surface area contributed by atoms with Crippen LogP contribution in [0, 0.1) is 11.2 Å². The lowest BCUT2D eigenvalue weighted by atomic mass is 9.87. The summed E-state index contributed by atoms with van der Waals surface area (Å²) in [4.78, 5) is 63.7. The van der Waals surface area contributed by atoms with E-state index in [2.05, 4.69) is 10.6 Å². The van der Waals surface area contributed by atoms with Crippen LogP contribution in [-0.4, -0.2) is 83.1 Å². The molecule has 50 heavy (non-hydrogen) atoms. The quantitative estimate of drug-likeness (QED) is 0.180. The maximum Gasteiger partial charge on any atom is 0.329 e. The van der Waals surface area contributed by atoms with Crippen molar-refractivity contribution in [1.29, 1.82) is 5.41 Å². The van der Waals surface area contributed by atoms with Crippen LogP contribution in [0.1, 0.15) is 36.8 Å². The molecule has 260 valence electrons. The Bertz CT molecular complexity index is 2350. The second-order valence-electron chi connectivity index (χ2n) is 12.6. The van der Waals surface area contributed by atoms with E-state index < -0.39 is 57.8 Å². The van der Waals surface area contributed by atoms with Gasteiger partial charge in [-0.25, -0.2) is 18.2 Å². The Labute approximate surface area is 283 Å². The zero-order valence-electron chi connectivity index (χ0n) is 26.5. The van der Waals surface area contributed by atoms with Gasteiger partial charge in [-0.3, -0.25) is 38.5 Å². The molecule has 3 fully saturated rings. The van der Waals surface area contributed by atoms with Crippen LogP contribution in [0.4, 0.5) is 15.8 Å². The van der Waals surface area contributed by atoms with Crippen molar-refractivity contribution >= 4 is 72.7 Å². The van der Waals surface area contributed by atoms with E-state index in [1.807, 2.05) is 17.0 Å². The number of phenolic OH excluding ortho intramolecular Hbond substituents is 1. The molecule has 0 radical (unpaired) electrons. The number of piperidine rings is 2. The number of aromatic hydroxyl groups is 1. The monoisotopic (exact) mass is 706 g/mol. The van der Waals surface area contributed by atoms with Crippen LogP contribution >= 0.6 is 0 Å². The maximum absolute atomic E-state index is 15.4. The summed E-state index contributed by atoms with van der Waals surface area (Å²) in [7, 11) is -2.75. The number of imidazole rings is 1. The standard InChI is InChI=1S/C32H31FN8O8S/c1-38-24-11-16(2-5-22(24)41(32(38)47)23-6-7-26(43)36-31(23)46)19-8-9-39(13-21(19)34)14-27(44)35-18-3-4-20-17(10-18)12-25(42)30(29(20)33)40-15-28(45)37-50(40,48)49/h2-5,10-12,19,23,34,42H,6-9,13-15H2,1H3,(H,35,44)(H,37,45)(H,36,43,46)/t19-,23?/m1/s1. The van der Waals surface area contributed by atoms with E-state index in [1.165, 1.54) is 27.3 Å². The molecule has 1 unspecified atom stereocenters. The van der Waals surface area contributed by atoms with Crippen LogP contribution in [0.25, 0.3) is 21.8 Å². The molecule has 0 bridgehead atoms. The average Bonchev–Trinajstić information content (AvgIpc) is 3.45. The molecule has 0 spiro atoms. The minimum absolute atomic E-state index is 0.0355. The summed E-state index contributed by atoms with van der Waals surface area (Å²) in [5.41, 5.74) is 1.61. The number of rotatable bonds is 6. The van der Waals surface area contributed by atoms with Gasteiger partial charge in [0.1, 0.15) is 24.0 Å². The van der Waals surface area contributed by atoms with E-state index >= 15 is 4.39 Å². The molecule has 4 aromatic rings. The van der Waals surface area contributed by atoms with Crippen molar-refractivity contribution in [3.8, 4) is 5.75 Å². The summed E-state index contributed by atoms with van der Waals surface area (Å²) >= 11 is 0. The van der Waals surface area contributed by atoms with Gasteiger partial charge < -0.3 is 15.8 Å². The van der Waals surface area contributed by atoms with Crippen molar-refractivity contribution < 1.29 is 37.1 Å². The first-order valence-electron chi connectivity index (χ1n) is 15.6. The average molecular weight is 707 g/mol. The Kier molecular flexibility index (Phi) is 7.94. The number of fused-ring (bicyclic) bond motifs is 2. The fourth-order valence-corrected chi connectivity index (χ4v) is 8.11. The van der Waals surface area contributed by atoms with Crippen LogP contribution in [0.3, 0.4) is 0 Å². The number of halogens is 1. The summed E-state index contributed by atoms with van der Waals surface area (Å²) in [6.45, 7) is -0.0201. The normalized spacial score (nSPS) is 21.1. The Morgan fingerprint density at radius 1 is 1.04 bits per heavy atom. The van der Waals surface area contributed by atoms with Gasteiger partial charge in [0.2, 0.25) is 17.7 Å². The Morgan fingerprint density at radius 2 is 1.82 bits per heavy atom. The molecule has 4 heterocycles. The fourth-order valence-electron chi connectivity index (χ4n) is 6.95. The van der Waals surface area contributed by atoms with Crippen molar-refractivity contribution in [2.75, 3.05) is 35.8 Å². The van der Waals surface area contributed by atoms with Gasteiger partial charge >= 0.3 is 15.9 Å². The molecule has 7 rings (SSSR count). The van der Waals surface area contributed by atoms with Gasteiger partial charge in [0.05, 0.1) is 17.6 Å². The smallest absolute Gasteiger partial charge is 0.329 e. The zero-order valence-corrected chi connectivity index (χ0v) is 27.3. The number of imide groups is 1. The van der Waals surface area contributed by atoms with E-state index in [0.29, 0.717) is 39.7 Å². The lowest BCUT2D eigenvalue weighted by molar-refractivity contribution is -0.135. The number of amides is 4. The first kappa shape index (κ1) is 32.9. The summed E-state index contributed by atoms with van der Waals surface area (Å²) in [6.07, 6.45) is 0.891. The predicted molar refractivity (Wildman–Crippen MR) is 179 cm³/mol. The van der Waals surface area contributed by atoms with E-state index in [9.17, 15) is 37.5 Å². The highest BCUT2D eigenvalue weighted by atomic mass is 32.2. The van der Waals surface area contributed by atoms with Gasteiger partial charge in [0.15, 0.2) is 5.82 Å². The zero-order chi connectivity index (χ0) is 35.6. The number of carbonyl (C=O) groups is 4. The summed E-state index contributed by atoms with van der Waals surface area (Å²) in [5, 5.41) is 24.5. The van der Waals surface area contributed by atoms with Crippen molar-refractivity contribution in [3.05, 3.63) is 64.3 Å². The van der Waals surface area contributed by atoms with Crippen LogP contribution < -0.4 is 25.4 Å². The molecule has 18 heteroatoms. The second-order valence-corrected chi connectivity index (χ2v) is 14.2. The second kappa shape index (κ2) is 12.1. The molecule has 3 saturated heterocycles. The van der Waals surface area contributed by atoms with Gasteiger partial charge in [-0.15, -0.1) is 0 Å². The van der Waals surface area contributed by atoms with E-state index in [0.717, 1.165) is 11.6 Å². The van der Waals surface area contributed by atoms with Crippen LogP contribution in [0.2, 0.25) is 0 Å². The predicted octanol–water partition coefficient (Wildman–Crippen LogP) is 0.944. The fraction of sp³-hybridized carbons (Fsp3) is 0.312. The highest BCUT2D eigenvalue weighted by Crippen LogP contribution is 2.39. The first-order chi connectivity index (χ1) is 23.7. The topological polar surface area (TPSA) is 216 Å². The van der Waals surface area contributed by atoms with Crippen molar-refractivity contribution in [1.82, 2.24) is 24.1 Å². The van der Waals surface area contributed by atoms with E-state index in [4.69, 9.17) is 5.41 Å². The van der Waals surface area contributed by atoms with Gasteiger partial charge in [-0.05, 0) is 60.2 Å². The van der Waals surface area contributed by atoms with E-state index in [-0.39, 0.29) is 54.2 Å². The molecule has 3 aliphatic heterocycles. The number of nitrogens with zero attached hydrogens (tertiary/aromatic N) is 4. The third-order valence-electron chi connectivity index (χ3n) is 9.34. The number of benzene rings is 3. The van der Waals surface area contributed by atoms with Crippen molar-refractivity contribution in [3.63, 3.8) is 0 Å². The summed E-state index contributed by atoms with van der Waals surface area (Å²) < 4.78 is 44.9. The van der Waals surface area contributed by atoms with Crippen LogP contribution in [-0.2, 0) is 36.4 Å². The number of hydrogen-bond acceptors (Lipinski definition) is 10.